The summed E-state index contributed by atoms with van der Waals surface area (Å²) in [6.07, 6.45) is -0.133. The van der Waals surface area contributed by atoms with Gasteiger partial charge in [-0.15, -0.1) is 10.2 Å². The van der Waals surface area contributed by atoms with Gasteiger partial charge in [-0.2, -0.15) is 0 Å². The van der Waals surface area contributed by atoms with Crippen molar-refractivity contribution in [1.29, 1.82) is 0 Å². The Morgan fingerprint density at radius 1 is 1.67 bits per heavy atom. The van der Waals surface area contributed by atoms with E-state index in [9.17, 15) is 0 Å². The molecule has 0 fully saturated rings. The Hall–Kier alpha value is -0.940. The molecule has 5 nitrogen and oxygen atoms in total. The van der Waals surface area contributed by atoms with Crippen molar-refractivity contribution in [1.82, 2.24) is 14.8 Å². The number of hydrogen-bond acceptors (Lipinski definition) is 4. The summed E-state index contributed by atoms with van der Waals surface area (Å²) in [4.78, 5) is 0. The molecule has 0 aliphatic carbocycles. The third-order valence-electron chi connectivity index (χ3n) is 0.977. The summed E-state index contributed by atoms with van der Waals surface area (Å²) < 4.78 is 1.44. The number of aliphatic hydroxyl groups is 2. The van der Waals surface area contributed by atoms with Crippen LogP contribution in [-0.2, 0) is 7.05 Å². The molecular weight excluding hydrogens is 122 g/mol. The zero-order valence-corrected chi connectivity index (χ0v) is 4.89. The maximum Gasteiger partial charge on any atom is 0.214 e. The Morgan fingerprint density at radius 2 is 2.33 bits per heavy atom. The van der Waals surface area contributed by atoms with Gasteiger partial charge < -0.3 is 14.8 Å². The molecule has 1 aromatic rings. The molecule has 2 N–H and O–H groups in total. The third-order valence-corrected chi connectivity index (χ3v) is 0.977. The SMILES string of the molecule is Cn1cnnc1C(O)O. The van der Waals surface area contributed by atoms with Crippen LogP contribution in [0.3, 0.4) is 0 Å². The summed E-state index contributed by atoms with van der Waals surface area (Å²) in [5, 5.41) is 23.9. The topological polar surface area (TPSA) is 71.2 Å². The molecule has 0 aliphatic rings. The van der Waals surface area contributed by atoms with Crippen molar-refractivity contribution in [3.05, 3.63) is 12.2 Å². The van der Waals surface area contributed by atoms with Crippen LogP contribution in [0.2, 0.25) is 0 Å². The van der Waals surface area contributed by atoms with Gasteiger partial charge in [0, 0.05) is 7.05 Å². The summed E-state index contributed by atoms with van der Waals surface area (Å²) in [6, 6.07) is 0. The Kier molecular flexibility index (Phi) is 1.46. The third kappa shape index (κ3) is 1.06. The molecule has 1 aromatic heterocycles. The first-order valence-corrected chi connectivity index (χ1v) is 2.42. The van der Waals surface area contributed by atoms with Crippen LogP contribution >= 0.6 is 0 Å². The quantitative estimate of drug-likeness (QED) is 0.467. The van der Waals surface area contributed by atoms with E-state index in [0.29, 0.717) is 0 Å². The van der Waals surface area contributed by atoms with Crippen LogP contribution in [-0.4, -0.2) is 25.0 Å². The molecule has 0 saturated heterocycles. The second-order valence-electron chi connectivity index (χ2n) is 1.67. The predicted octanol–water partition coefficient (Wildman–Crippen LogP) is -1.20. The van der Waals surface area contributed by atoms with Crippen molar-refractivity contribution in [2.75, 3.05) is 0 Å². The Balaban J connectivity index is 2.94. The lowest BCUT2D eigenvalue weighted by Gasteiger charge is -1.99. The molecule has 0 aliphatic heterocycles. The lowest BCUT2D eigenvalue weighted by molar-refractivity contribution is -0.0515. The monoisotopic (exact) mass is 129 g/mol. The number of aryl methyl sites for hydroxylation is 1. The number of rotatable bonds is 1. The molecule has 0 aromatic carbocycles. The van der Waals surface area contributed by atoms with Crippen LogP contribution in [0.1, 0.15) is 12.1 Å². The summed E-state index contributed by atoms with van der Waals surface area (Å²) >= 11 is 0. The Labute approximate surface area is 51.6 Å². The second kappa shape index (κ2) is 2.12. The Bertz CT molecular complexity index is 195. The van der Waals surface area contributed by atoms with E-state index in [1.54, 1.807) is 7.05 Å². The van der Waals surface area contributed by atoms with Crippen molar-refractivity contribution in [3.8, 4) is 0 Å². The average molecular weight is 129 g/mol. The fourth-order valence-corrected chi connectivity index (χ4v) is 0.526. The highest BCUT2D eigenvalue weighted by Gasteiger charge is 2.07. The lowest BCUT2D eigenvalue weighted by Crippen LogP contribution is -2.03. The molecule has 0 radical (unpaired) electrons. The van der Waals surface area contributed by atoms with Gasteiger partial charge in [0.25, 0.3) is 0 Å². The fraction of sp³-hybridized carbons (Fsp3) is 0.500. The molecule has 0 saturated carbocycles. The molecule has 0 unspecified atom stereocenters. The van der Waals surface area contributed by atoms with E-state index in [1.807, 2.05) is 0 Å². The normalized spacial score (nSPS) is 10.7. The van der Waals surface area contributed by atoms with Crippen LogP contribution in [0.4, 0.5) is 0 Å². The van der Waals surface area contributed by atoms with E-state index in [4.69, 9.17) is 10.2 Å². The molecule has 50 valence electrons. The van der Waals surface area contributed by atoms with Gasteiger partial charge in [-0.1, -0.05) is 0 Å². The number of nitrogens with zero attached hydrogens (tertiary/aromatic N) is 3. The van der Waals surface area contributed by atoms with Gasteiger partial charge in [-0.05, 0) is 0 Å². The summed E-state index contributed by atoms with van der Waals surface area (Å²) in [5.74, 6) is 0.148. The molecular formula is C4H7N3O2. The molecule has 1 heterocycles. The van der Waals surface area contributed by atoms with E-state index < -0.39 is 6.29 Å². The first kappa shape index (κ1) is 6.18. The van der Waals surface area contributed by atoms with Gasteiger partial charge in [-0.25, -0.2) is 0 Å². The summed E-state index contributed by atoms with van der Waals surface area (Å²) in [7, 11) is 1.63. The number of aromatic nitrogens is 3. The fourth-order valence-electron chi connectivity index (χ4n) is 0.526. The van der Waals surface area contributed by atoms with E-state index >= 15 is 0 Å². The van der Waals surface area contributed by atoms with Crippen molar-refractivity contribution in [2.24, 2.45) is 7.05 Å². The predicted molar refractivity (Wildman–Crippen MR) is 28.2 cm³/mol. The summed E-state index contributed by atoms with van der Waals surface area (Å²) in [5.41, 5.74) is 0. The van der Waals surface area contributed by atoms with E-state index in [0.717, 1.165) is 0 Å². The molecule has 0 atom stereocenters. The molecule has 0 amide bonds. The zero-order chi connectivity index (χ0) is 6.85. The van der Waals surface area contributed by atoms with Crippen LogP contribution in [0, 0.1) is 0 Å². The first-order chi connectivity index (χ1) is 4.22. The van der Waals surface area contributed by atoms with Crippen molar-refractivity contribution in [2.45, 2.75) is 6.29 Å². The second-order valence-corrected chi connectivity index (χ2v) is 1.67. The van der Waals surface area contributed by atoms with Gasteiger partial charge >= 0.3 is 0 Å². The van der Waals surface area contributed by atoms with E-state index in [-0.39, 0.29) is 5.82 Å². The van der Waals surface area contributed by atoms with Crippen LogP contribution in [0.25, 0.3) is 0 Å². The van der Waals surface area contributed by atoms with Crippen molar-refractivity contribution >= 4 is 0 Å². The number of aliphatic hydroxyl groups excluding tert-OH is 1. The van der Waals surface area contributed by atoms with Crippen LogP contribution < -0.4 is 0 Å². The van der Waals surface area contributed by atoms with Gasteiger partial charge in [0.2, 0.25) is 6.29 Å². The first-order valence-electron chi connectivity index (χ1n) is 2.42. The van der Waals surface area contributed by atoms with E-state index in [1.165, 1.54) is 10.9 Å². The van der Waals surface area contributed by atoms with Gasteiger partial charge in [0.05, 0.1) is 0 Å². The zero-order valence-electron chi connectivity index (χ0n) is 4.89. The lowest BCUT2D eigenvalue weighted by atomic mass is 10.6. The standard InChI is InChI=1S/C4H7N3O2/c1-7-2-5-6-3(7)4(8)9/h2,4,8-9H,1H3. The minimum Gasteiger partial charge on any atom is -0.362 e. The smallest absolute Gasteiger partial charge is 0.214 e. The van der Waals surface area contributed by atoms with Crippen molar-refractivity contribution in [3.63, 3.8) is 0 Å². The minimum atomic E-state index is -1.53. The molecule has 9 heavy (non-hydrogen) atoms. The van der Waals surface area contributed by atoms with Crippen molar-refractivity contribution < 1.29 is 10.2 Å². The maximum absolute atomic E-state index is 8.53. The number of hydrogen-bond donors (Lipinski definition) is 2. The molecule has 0 bridgehead atoms. The highest BCUT2D eigenvalue weighted by atomic mass is 16.5. The molecule has 1 rings (SSSR count). The highest BCUT2D eigenvalue weighted by Crippen LogP contribution is 2.01. The molecule has 0 spiro atoms. The largest absolute Gasteiger partial charge is 0.362 e. The summed E-state index contributed by atoms with van der Waals surface area (Å²) in [6.45, 7) is 0. The Morgan fingerprint density at radius 3 is 2.56 bits per heavy atom. The molecule has 5 heteroatoms. The van der Waals surface area contributed by atoms with Gasteiger partial charge in [-0.3, -0.25) is 0 Å². The van der Waals surface area contributed by atoms with E-state index in [2.05, 4.69) is 10.2 Å². The van der Waals surface area contributed by atoms with Gasteiger partial charge in [0.1, 0.15) is 6.33 Å². The maximum atomic E-state index is 8.53. The average Bonchev–Trinajstić information content (AvgIpc) is 2.13. The van der Waals surface area contributed by atoms with Crippen LogP contribution in [0.15, 0.2) is 6.33 Å². The minimum absolute atomic E-state index is 0.148. The highest BCUT2D eigenvalue weighted by molar-refractivity contribution is 4.83. The van der Waals surface area contributed by atoms with Gasteiger partial charge in [0.15, 0.2) is 5.82 Å². The van der Waals surface area contributed by atoms with Crippen LogP contribution in [0.5, 0.6) is 0 Å².